The number of carbonyl (C=O) groups excluding carboxylic acids is 1. The fraction of sp³-hybridized carbons (Fsp3) is 0.214. The van der Waals surface area contributed by atoms with Crippen LogP contribution < -0.4 is 5.73 Å². The SMILES string of the molecule is NC(=O)C1=CCCC2=C1OC=C1C=CC=CC1S2. The molecule has 1 aliphatic heterocycles. The van der Waals surface area contributed by atoms with Crippen molar-refractivity contribution >= 4 is 17.7 Å². The third kappa shape index (κ3) is 1.93. The van der Waals surface area contributed by atoms with Crippen molar-refractivity contribution in [2.24, 2.45) is 5.73 Å². The van der Waals surface area contributed by atoms with E-state index in [2.05, 4.69) is 6.08 Å². The molecule has 0 bridgehead atoms. The maximum absolute atomic E-state index is 11.4. The van der Waals surface area contributed by atoms with E-state index in [1.165, 1.54) is 0 Å². The number of allylic oxidation sites excluding steroid dienone is 5. The quantitative estimate of drug-likeness (QED) is 0.787. The van der Waals surface area contributed by atoms with E-state index >= 15 is 0 Å². The van der Waals surface area contributed by atoms with Crippen LogP contribution in [0.1, 0.15) is 12.8 Å². The molecule has 4 heteroatoms. The molecule has 0 radical (unpaired) electrons. The fourth-order valence-corrected chi connectivity index (χ4v) is 3.44. The summed E-state index contributed by atoms with van der Waals surface area (Å²) in [6.45, 7) is 0. The maximum atomic E-state index is 11.4. The minimum Gasteiger partial charge on any atom is -0.463 e. The lowest BCUT2D eigenvalue weighted by Gasteiger charge is -2.18. The number of primary amides is 1. The van der Waals surface area contributed by atoms with Crippen molar-refractivity contribution in [2.75, 3.05) is 0 Å². The molecular weight excluding hydrogens is 246 g/mol. The largest absolute Gasteiger partial charge is 0.463 e. The van der Waals surface area contributed by atoms with E-state index in [0.29, 0.717) is 11.3 Å². The van der Waals surface area contributed by atoms with Gasteiger partial charge in [0.25, 0.3) is 5.91 Å². The molecule has 1 amide bonds. The number of nitrogens with two attached hydrogens (primary N) is 1. The first-order valence-corrected chi connectivity index (χ1v) is 6.75. The number of amides is 1. The van der Waals surface area contributed by atoms with Crippen LogP contribution in [0.25, 0.3) is 0 Å². The highest BCUT2D eigenvalue weighted by atomic mass is 32.2. The zero-order chi connectivity index (χ0) is 12.5. The van der Waals surface area contributed by atoms with Crippen molar-refractivity contribution in [3.63, 3.8) is 0 Å². The van der Waals surface area contributed by atoms with E-state index in [-0.39, 0.29) is 5.25 Å². The Bertz CT molecular complexity index is 552. The molecule has 92 valence electrons. The normalized spacial score (nSPS) is 25.4. The second kappa shape index (κ2) is 4.53. The topological polar surface area (TPSA) is 52.3 Å². The zero-order valence-electron chi connectivity index (χ0n) is 9.76. The number of thioether (sulfide) groups is 1. The van der Waals surface area contributed by atoms with Gasteiger partial charge < -0.3 is 10.5 Å². The molecule has 0 aromatic heterocycles. The van der Waals surface area contributed by atoms with E-state index in [0.717, 1.165) is 23.3 Å². The van der Waals surface area contributed by atoms with Crippen LogP contribution in [-0.4, -0.2) is 11.2 Å². The highest BCUT2D eigenvalue weighted by Gasteiger charge is 2.27. The van der Waals surface area contributed by atoms with Crippen LogP contribution in [0.4, 0.5) is 0 Å². The Morgan fingerprint density at radius 1 is 1.44 bits per heavy atom. The Morgan fingerprint density at radius 2 is 2.33 bits per heavy atom. The minimum atomic E-state index is -0.419. The van der Waals surface area contributed by atoms with E-state index in [9.17, 15) is 4.79 Å². The fourth-order valence-electron chi connectivity index (χ4n) is 2.19. The Morgan fingerprint density at radius 3 is 3.17 bits per heavy atom. The molecule has 0 saturated carbocycles. The molecule has 3 aliphatic rings. The molecule has 1 atom stereocenters. The molecule has 0 fully saturated rings. The van der Waals surface area contributed by atoms with Crippen LogP contribution in [0.3, 0.4) is 0 Å². The first-order valence-electron chi connectivity index (χ1n) is 5.87. The van der Waals surface area contributed by atoms with Gasteiger partial charge in [0.1, 0.15) is 5.76 Å². The number of rotatable bonds is 1. The molecule has 1 heterocycles. The van der Waals surface area contributed by atoms with Gasteiger partial charge in [-0.05, 0) is 12.8 Å². The molecule has 0 aromatic carbocycles. The van der Waals surface area contributed by atoms with Gasteiger partial charge in [-0.15, -0.1) is 11.8 Å². The molecule has 2 N–H and O–H groups in total. The smallest absolute Gasteiger partial charge is 0.252 e. The zero-order valence-corrected chi connectivity index (χ0v) is 10.6. The molecule has 3 rings (SSSR count). The third-order valence-electron chi connectivity index (χ3n) is 3.08. The molecular formula is C14H13NO2S. The number of hydrogen-bond acceptors (Lipinski definition) is 3. The van der Waals surface area contributed by atoms with Crippen LogP contribution in [0.5, 0.6) is 0 Å². The van der Waals surface area contributed by atoms with Crippen molar-refractivity contribution in [3.8, 4) is 0 Å². The van der Waals surface area contributed by atoms with E-state index in [4.69, 9.17) is 10.5 Å². The Balaban J connectivity index is 1.98. The second-order valence-electron chi connectivity index (χ2n) is 4.29. The standard InChI is InChI=1S/C14H13NO2S/c15-14(16)10-5-3-7-12-13(10)17-8-9-4-1-2-6-11(9)18-12/h1-2,4-6,8,11H,3,7H2,(H2,15,16). The van der Waals surface area contributed by atoms with Gasteiger partial charge in [-0.2, -0.15) is 0 Å². The number of hydrogen-bond donors (Lipinski definition) is 1. The van der Waals surface area contributed by atoms with Crippen molar-refractivity contribution in [1.29, 1.82) is 0 Å². The minimum absolute atomic E-state index is 0.273. The first-order chi connectivity index (χ1) is 8.75. The summed E-state index contributed by atoms with van der Waals surface area (Å²) in [5, 5.41) is 0.273. The third-order valence-corrected chi connectivity index (χ3v) is 4.44. The van der Waals surface area contributed by atoms with Crippen molar-refractivity contribution in [3.05, 3.63) is 58.5 Å². The van der Waals surface area contributed by atoms with Crippen LogP contribution in [0.2, 0.25) is 0 Å². The van der Waals surface area contributed by atoms with Gasteiger partial charge in [0.05, 0.1) is 17.1 Å². The van der Waals surface area contributed by atoms with Gasteiger partial charge in [0.2, 0.25) is 0 Å². The summed E-state index contributed by atoms with van der Waals surface area (Å²) >= 11 is 1.74. The molecule has 0 aromatic rings. The lowest BCUT2D eigenvalue weighted by molar-refractivity contribution is -0.114. The second-order valence-corrected chi connectivity index (χ2v) is 5.53. The van der Waals surface area contributed by atoms with Crippen molar-refractivity contribution in [1.82, 2.24) is 0 Å². The summed E-state index contributed by atoms with van der Waals surface area (Å²) in [7, 11) is 0. The lowest BCUT2D eigenvalue weighted by Crippen LogP contribution is -2.18. The highest BCUT2D eigenvalue weighted by molar-refractivity contribution is 8.04. The van der Waals surface area contributed by atoms with Crippen molar-refractivity contribution in [2.45, 2.75) is 18.1 Å². The van der Waals surface area contributed by atoms with Gasteiger partial charge in [0.15, 0.2) is 0 Å². The average molecular weight is 259 g/mol. The molecule has 0 saturated heterocycles. The monoisotopic (exact) mass is 259 g/mol. The first kappa shape index (κ1) is 11.4. The Hall–Kier alpha value is -1.68. The Labute approximate surface area is 110 Å². The molecule has 18 heavy (non-hydrogen) atoms. The maximum Gasteiger partial charge on any atom is 0.252 e. The number of fused-ring (bicyclic) bond motifs is 1. The average Bonchev–Trinajstić information content (AvgIpc) is 2.56. The molecule has 3 nitrogen and oxygen atoms in total. The summed E-state index contributed by atoms with van der Waals surface area (Å²) in [6, 6.07) is 0. The summed E-state index contributed by atoms with van der Waals surface area (Å²) in [6.07, 6.45) is 13.5. The summed E-state index contributed by atoms with van der Waals surface area (Å²) in [5.41, 5.74) is 7.01. The summed E-state index contributed by atoms with van der Waals surface area (Å²) in [4.78, 5) is 12.5. The number of carbonyl (C=O) groups is 1. The van der Waals surface area contributed by atoms with Gasteiger partial charge in [-0.3, -0.25) is 4.79 Å². The van der Waals surface area contributed by atoms with Gasteiger partial charge in [-0.25, -0.2) is 0 Å². The molecule has 0 spiro atoms. The van der Waals surface area contributed by atoms with Gasteiger partial charge >= 0.3 is 0 Å². The van der Waals surface area contributed by atoms with Gasteiger partial charge in [0, 0.05) is 10.5 Å². The predicted octanol–water partition coefficient (Wildman–Crippen LogP) is 2.55. The van der Waals surface area contributed by atoms with Gasteiger partial charge in [-0.1, -0.05) is 30.4 Å². The van der Waals surface area contributed by atoms with Crippen LogP contribution in [0, 0.1) is 0 Å². The Kier molecular flexibility index (Phi) is 2.88. The van der Waals surface area contributed by atoms with Crippen LogP contribution in [0.15, 0.2) is 58.5 Å². The highest BCUT2D eigenvalue weighted by Crippen LogP contribution is 2.41. The van der Waals surface area contributed by atoms with Crippen LogP contribution in [-0.2, 0) is 9.53 Å². The molecule has 1 unspecified atom stereocenters. The lowest BCUT2D eigenvalue weighted by atomic mass is 10.0. The number of ether oxygens (including phenoxy) is 1. The summed E-state index contributed by atoms with van der Waals surface area (Å²) < 4.78 is 5.69. The summed E-state index contributed by atoms with van der Waals surface area (Å²) in [5.74, 6) is 0.222. The van der Waals surface area contributed by atoms with E-state index in [1.807, 2.05) is 24.3 Å². The van der Waals surface area contributed by atoms with E-state index in [1.54, 1.807) is 18.0 Å². The van der Waals surface area contributed by atoms with E-state index < -0.39 is 5.91 Å². The van der Waals surface area contributed by atoms with Crippen LogP contribution >= 0.6 is 11.8 Å². The van der Waals surface area contributed by atoms with Crippen molar-refractivity contribution < 1.29 is 9.53 Å². The molecule has 2 aliphatic carbocycles. The predicted molar refractivity (Wildman–Crippen MR) is 72.4 cm³/mol.